The number of fused-ring (bicyclic) bond motifs is 1. The average molecular weight is 457 g/mol. The number of alkyl halides is 2. The van der Waals surface area contributed by atoms with Gasteiger partial charge in [-0.2, -0.15) is 0 Å². The predicted molar refractivity (Wildman–Crippen MR) is 124 cm³/mol. The third-order valence-electron chi connectivity index (χ3n) is 8.61. The van der Waals surface area contributed by atoms with Gasteiger partial charge in [-0.05, 0) is 95.7 Å². The zero-order valence-corrected chi connectivity index (χ0v) is 19.8. The number of nitrogens with zero attached hydrogens (tertiary/aromatic N) is 1. The molecule has 4 fully saturated rings. The monoisotopic (exact) mass is 456 g/mol. The lowest BCUT2D eigenvalue weighted by Crippen LogP contribution is -2.53. The van der Waals surface area contributed by atoms with Crippen LogP contribution in [0.25, 0.3) is 0 Å². The highest BCUT2D eigenvalue weighted by Crippen LogP contribution is 2.39. The fourth-order valence-electron chi connectivity index (χ4n) is 6.75. The molecule has 0 radical (unpaired) electrons. The van der Waals surface area contributed by atoms with Crippen LogP contribution in [-0.4, -0.2) is 66.2 Å². The quantitative estimate of drug-likeness (QED) is 0.537. The molecule has 0 aromatic rings. The Balaban J connectivity index is 1.27. The maximum atomic E-state index is 14.4. The van der Waals surface area contributed by atoms with Gasteiger partial charge in [0, 0.05) is 29.4 Å². The van der Waals surface area contributed by atoms with E-state index in [1.807, 2.05) is 0 Å². The lowest BCUT2D eigenvalue weighted by molar-refractivity contribution is -0.124. The van der Waals surface area contributed by atoms with E-state index in [2.05, 4.69) is 22.5 Å². The molecule has 0 bridgehead atoms. The van der Waals surface area contributed by atoms with Gasteiger partial charge in [-0.15, -0.1) is 11.6 Å². The smallest absolute Gasteiger partial charge is 0.237 e. The first-order valence-electron chi connectivity index (χ1n) is 12.7. The zero-order chi connectivity index (χ0) is 22.0. The second-order valence-corrected chi connectivity index (χ2v) is 11.4. The molecule has 31 heavy (non-hydrogen) atoms. The van der Waals surface area contributed by atoms with Crippen LogP contribution in [0, 0.1) is 17.8 Å². The molecule has 7 heteroatoms. The van der Waals surface area contributed by atoms with Gasteiger partial charge in [0.05, 0.1) is 6.04 Å². The minimum Gasteiger partial charge on any atom is -0.352 e. The summed E-state index contributed by atoms with van der Waals surface area (Å²) in [6.45, 7) is 5.24. The van der Waals surface area contributed by atoms with Crippen LogP contribution in [0.2, 0.25) is 0 Å². The van der Waals surface area contributed by atoms with E-state index in [4.69, 9.17) is 17.3 Å². The normalized spacial score (nSPS) is 42.3. The molecule has 2 heterocycles. The Morgan fingerprint density at radius 1 is 1.16 bits per heavy atom. The first-order valence-corrected chi connectivity index (χ1v) is 13.2. The first-order chi connectivity index (χ1) is 14.9. The summed E-state index contributed by atoms with van der Waals surface area (Å²) in [5.74, 6) is 1.28. The Labute approximate surface area is 192 Å². The van der Waals surface area contributed by atoms with Crippen molar-refractivity contribution in [2.45, 2.75) is 107 Å². The molecule has 0 aromatic heterocycles. The number of hydrogen-bond acceptors (Lipinski definition) is 4. The summed E-state index contributed by atoms with van der Waals surface area (Å²) < 4.78 is 14.4. The van der Waals surface area contributed by atoms with Gasteiger partial charge in [-0.1, -0.05) is 6.92 Å². The molecule has 2 saturated carbocycles. The number of piperidine rings is 1. The van der Waals surface area contributed by atoms with E-state index in [1.165, 1.54) is 19.3 Å². The van der Waals surface area contributed by atoms with E-state index in [-0.39, 0.29) is 35.3 Å². The summed E-state index contributed by atoms with van der Waals surface area (Å²) in [5.41, 5.74) is 5.67. The van der Waals surface area contributed by atoms with Gasteiger partial charge < -0.3 is 21.3 Å². The summed E-state index contributed by atoms with van der Waals surface area (Å²) in [6.07, 6.45) is 9.09. The van der Waals surface area contributed by atoms with Crippen LogP contribution in [0.5, 0.6) is 0 Å². The lowest BCUT2D eigenvalue weighted by atomic mass is 9.77. The summed E-state index contributed by atoms with van der Waals surface area (Å²) in [5, 5.41) is 6.86. The molecule has 2 aliphatic heterocycles. The molecule has 2 saturated heterocycles. The largest absolute Gasteiger partial charge is 0.352 e. The number of halogens is 2. The van der Waals surface area contributed by atoms with Gasteiger partial charge in [0.25, 0.3) is 0 Å². The maximum absolute atomic E-state index is 14.4. The molecular weight excluding hydrogens is 415 g/mol. The van der Waals surface area contributed by atoms with Crippen LogP contribution in [0.1, 0.15) is 71.1 Å². The van der Waals surface area contributed by atoms with Crippen LogP contribution in [0.15, 0.2) is 0 Å². The number of carbonyl (C=O) groups is 1. The highest BCUT2D eigenvalue weighted by atomic mass is 35.5. The van der Waals surface area contributed by atoms with Crippen LogP contribution < -0.4 is 16.4 Å². The van der Waals surface area contributed by atoms with Crippen molar-refractivity contribution in [2.24, 2.45) is 23.5 Å². The average Bonchev–Trinajstić information content (AvgIpc) is 3.22. The number of rotatable bonds is 6. The van der Waals surface area contributed by atoms with Crippen molar-refractivity contribution >= 4 is 17.5 Å². The molecule has 4 aliphatic rings. The maximum Gasteiger partial charge on any atom is 0.237 e. The molecule has 5 nitrogen and oxygen atoms in total. The first kappa shape index (κ1) is 23.7. The van der Waals surface area contributed by atoms with Gasteiger partial charge in [-0.3, -0.25) is 4.79 Å². The Morgan fingerprint density at radius 2 is 1.94 bits per heavy atom. The number of hydrogen-bond donors (Lipinski definition) is 3. The fraction of sp³-hybridized carbons (Fsp3) is 0.958. The van der Waals surface area contributed by atoms with Crippen molar-refractivity contribution in [1.29, 1.82) is 0 Å². The number of nitrogens with one attached hydrogen (secondary N) is 2. The number of nitrogens with two attached hydrogens (primary N) is 1. The molecule has 8 unspecified atom stereocenters. The van der Waals surface area contributed by atoms with Crippen LogP contribution >= 0.6 is 11.6 Å². The molecule has 178 valence electrons. The van der Waals surface area contributed by atoms with Gasteiger partial charge in [0.15, 0.2) is 0 Å². The van der Waals surface area contributed by atoms with E-state index in [1.54, 1.807) is 0 Å². The second-order valence-electron chi connectivity index (χ2n) is 10.8. The standard InChI is InChI=1S/C24H42ClFN4O/c1-15-4-5-21(26)20-14-22(29-23(15)20)24(31)28-18-11-17(25)12-19(13-18)30-9-6-16(7-10-30)3-2-8-27/h15-23,29H,2-14,27H2,1H3,(H,28,31). The number of amides is 1. The minimum absolute atomic E-state index is 0.0139. The molecule has 2 aliphatic carbocycles. The molecule has 8 atom stereocenters. The molecule has 4 N–H and O–H groups in total. The molecule has 1 amide bonds. The number of likely N-dealkylation sites (tertiary alicyclic amines) is 1. The summed E-state index contributed by atoms with van der Waals surface area (Å²) in [7, 11) is 0. The van der Waals surface area contributed by atoms with Gasteiger partial charge in [0.2, 0.25) is 5.91 Å². The van der Waals surface area contributed by atoms with Gasteiger partial charge >= 0.3 is 0 Å². The van der Waals surface area contributed by atoms with Gasteiger partial charge in [0.1, 0.15) is 6.17 Å². The topological polar surface area (TPSA) is 70.4 Å². The van der Waals surface area contributed by atoms with E-state index in [0.717, 1.165) is 57.7 Å². The van der Waals surface area contributed by atoms with E-state index >= 15 is 0 Å². The highest BCUT2D eigenvalue weighted by molar-refractivity contribution is 6.20. The molecule has 0 spiro atoms. The van der Waals surface area contributed by atoms with Crippen LogP contribution in [0.4, 0.5) is 4.39 Å². The summed E-state index contributed by atoms with van der Waals surface area (Å²) in [6, 6.07) is 0.444. The Morgan fingerprint density at radius 3 is 2.65 bits per heavy atom. The fourth-order valence-corrected chi connectivity index (χ4v) is 7.17. The summed E-state index contributed by atoms with van der Waals surface area (Å²) in [4.78, 5) is 15.6. The Kier molecular flexibility index (Phi) is 8.16. The Bertz CT molecular complexity index is 584. The second kappa shape index (κ2) is 10.7. The molecular formula is C24H42ClFN4O. The molecule has 0 aromatic carbocycles. The Hall–Kier alpha value is -0.430. The van der Waals surface area contributed by atoms with Crippen LogP contribution in [0.3, 0.4) is 0 Å². The van der Waals surface area contributed by atoms with Crippen molar-refractivity contribution in [1.82, 2.24) is 15.5 Å². The van der Waals surface area contributed by atoms with Crippen molar-refractivity contribution in [3.63, 3.8) is 0 Å². The number of carbonyl (C=O) groups excluding carboxylic acids is 1. The zero-order valence-electron chi connectivity index (χ0n) is 19.1. The minimum atomic E-state index is -0.773. The third-order valence-corrected chi connectivity index (χ3v) is 8.96. The third kappa shape index (κ3) is 5.74. The van der Waals surface area contributed by atoms with Crippen LogP contribution in [-0.2, 0) is 4.79 Å². The van der Waals surface area contributed by atoms with Crippen molar-refractivity contribution < 1.29 is 9.18 Å². The van der Waals surface area contributed by atoms with E-state index < -0.39 is 6.17 Å². The van der Waals surface area contributed by atoms with E-state index in [0.29, 0.717) is 24.8 Å². The van der Waals surface area contributed by atoms with Gasteiger partial charge in [-0.25, -0.2) is 4.39 Å². The highest BCUT2D eigenvalue weighted by Gasteiger charge is 2.46. The van der Waals surface area contributed by atoms with E-state index in [9.17, 15) is 9.18 Å². The SMILES string of the molecule is CC1CCC(F)C2CC(C(=O)NC3CC(Cl)CC(N4CCC(CCCN)CC4)C3)NC12. The van der Waals surface area contributed by atoms with Crippen molar-refractivity contribution in [3.8, 4) is 0 Å². The predicted octanol–water partition coefficient (Wildman–Crippen LogP) is 3.20. The van der Waals surface area contributed by atoms with Crippen molar-refractivity contribution in [2.75, 3.05) is 19.6 Å². The van der Waals surface area contributed by atoms with Crippen molar-refractivity contribution in [3.05, 3.63) is 0 Å². The lowest BCUT2D eigenvalue weighted by Gasteiger charge is -2.43. The summed E-state index contributed by atoms with van der Waals surface area (Å²) >= 11 is 6.65. The molecule has 4 rings (SSSR count).